The van der Waals surface area contributed by atoms with Gasteiger partial charge >= 0.3 is 0 Å². The predicted molar refractivity (Wildman–Crippen MR) is 85.8 cm³/mol. The fourth-order valence-corrected chi connectivity index (χ4v) is 2.63. The summed E-state index contributed by atoms with van der Waals surface area (Å²) in [4.78, 5) is 0.231. The average molecular weight is 357 g/mol. The van der Waals surface area contributed by atoms with Gasteiger partial charge in [0.1, 0.15) is 17.3 Å². The molecule has 0 aliphatic rings. The molecule has 0 aliphatic carbocycles. The molecule has 2 aromatic rings. The number of thiocarbonyl (C=S) groups is 1. The molecule has 0 unspecified atom stereocenters. The lowest BCUT2D eigenvalue weighted by molar-refractivity contribution is 0.305. The van der Waals surface area contributed by atoms with Gasteiger partial charge in [-0.3, -0.25) is 0 Å². The van der Waals surface area contributed by atoms with Crippen LogP contribution >= 0.6 is 39.7 Å². The van der Waals surface area contributed by atoms with E-state index < -0.39 is 0 Å². The van der Waals surface area contributed by atoms with Gasteiger partial charge in [-0.2, -0.15) is 0 Å². The lowest BCUT2D eigenvalue weighted by Crippen LogP contribution is -2.12. The molecule has 0 aromatic heterocycles. The van der Waals surface area contributed by atoms with Crippen LogP contribution in [0.2, 0.25) is 5.02 Å². The highest BCUT2D eigenvalue weighted by Crippen LogP contribution is 2.27. The summed E-state index contributed by atoms with van der Waals surface area (Å²) < 4.78 is 6.76. The molecule has 2 aromatic carbocycles. The first-order chi connectivity index (χ1) is 9.08. The molecule has 98 valence electrons. The monoisotopic (exact) mass is 355 g/mol. The lowest BCUT2D eigenvalue weighted by Gasteiger charge is -2.12. The maximum absolute atomic E-state index is 6.08. The Morgan fingerprint density at radius 1 is 1.26 bits per heavy atom. The second-order valence-corrected chi connectivity index (χ2v) is 5.66. The summed E-state index contributed by atoms with van der Waals surface area (Å²) >= 11 is 14.5. The molecular weight excluding hydrogens is 346 g/mol. The van der Waals surface area contributed by atoms with Gasteiger partial charge in [0.2, 0.25) is 0 Å². The van der Waals surface area contributed by atoms with E-state index in [1.165, 1.54) is 0 Å². The van der Waals surface area contributed by atoms with Crippen LogP contribution < -0.4 is 10.5 Å². The average Bonchev–Trinajstić information content (AvgIpc) is 2.36. The van der Waals surface area contributed by atoms with Gasteiger partial charge in [0.25, 0.3) is 0 Å². The second kappa shape index (κ2) is 6.37. The Bertz CT molecular complexity index is 618. The van der Waals surface area contributed by atoms with Gasteiger partial charge < -0.3 is 10.5 Å². The number of benzene rings is 2. The van der Waals surface area contributed by atoms with E-state index in [0.29, 0.717) is 22.9 Å². The standard InChI is InChI=1S/C14H11BrClNOS/c15-10-4-1-3-9(7-10)8-18-12-6-2-5-11(16)13(12)14(17)19/h1-7H,8H2,(H2,17,19). The molecule has 0 bridgehead atoms. The van der Waals surface area contributed by atoms with Crippen molar-refractivity contribution >= 4 is 44.7 Å². The van der Waals surface area contributed by atoms with E-state index >= 15 is 0 Å². The van der Waals surface area contributed by atoms with Crippen LogP contribution in [0.4, 0.5) is 0 Å². The molecule has 2 rings (SSSR count). The minimum Gasteiger partial charge on any atom is -0.488 e. The molecule has 0 atom stereocenters. The summed E-state index contributed by atoms with van der Waals surface area (Å²) in [5.41, 5.74) is 7.29. The molecule has 5 heteroatoms. The maximum Gasteiger partial charge on any atom is 0.131 e. The van der Waals surface area contributed by atoms with Gasteiger partial charge in [0.15, 0.2) is 0 Å². The first kappa shape index (κ1) is 14.3. The number of hydrogen-bond donors (Lipinski definition) is 1. The Balaban J connectivity index is 2.20. The molecule has 0 spiro atoms. The molecule has 0 heterocycles. The Morgan fingerprint density at radius 2 is 2.00 bits per heavy atom. The molecule has 0 aliphatic heterocycles. The Hall–Kier alpha value is -1.10. The normalized spacial score (nSPS) is 10.2. The quantitative estimate of drug-likeness (QED) is 0.829. The topological polar surface area (TPSA) is 35.2 Å². The van der Waals surface area contributed by atoms with Crippen molar-refractivity contribution in [3.63, 3.8) is 0 Å². The van der Waals surface area contributed by atoms with E-state index in [1.807, 2.05) is 24.3 Å². The van der Waals surface area contributed by atoms with E-state index in [1.54, 1.807) is 18.2 Å². The zero-order valence-corrected chi connectivity index (χ0v) is 13.1. The Morgan fingerprint density at radius 3 is 2.68 bits per heavy atom. The van der Waals surface area contributed by atoms with E-state index in [4.69, 9.17) is 34.3 Å². The van der Waals surface area contributed by atoms with Gasteiger partial charge in [0, 0.05) is 4.47 Å². The van der Waals surface area contributed by atoms with Crippen LogP contribution in [-0.2, 0) is 6.61 Å². The minimum absolute atomic E-state index is 0.231. The first-order valence-corrected chi connectivity index (χ1v) is 7.11. The van der Waals surface area contributed by atoms with Crippen LogP contribution in [0.25, 0.3) is 0 Å². The molecule has 0 fully saturated rings. The minimum atomic E-state index is 0.231. The summed E-state index contributed by atoms with van der Waals surface area (Å²) in [6.07, 6.45) is 0. The van der Waals surface area contributed by atoms with Crippen LogP contribution in [0.5, 0.6) is 5.75 Å². The van der Waals surface area contributed by atoms with Gasteiger partial charge in [-0.1, -0.05) is 57.9 Å². The largest absolute Gasteiger partial charge is 0.488 e. The van der Waals surface area contributed by atoms with Crippen LogP contribution in [0.15, 0.2) is 46.9 Å². The van der Waals surface area contributed by atoms with Crippen LogP contribution in [0.3, 0.4) is 0 Å². The van der Waals surface area contributed by atoms with E-state index in [9.17, 15) is 0 Å². The molecule has 0 saturated carbocycles. The zero-order chi connectivity index (χ0) is 13.8. The van der Waals surface area contributed by atoms with Crippen molar-refractivity contribution in [1.29, 1.82) is 0 Å². The van der Waals surface area contributed by atoms with E-state index in [2.05, 4.69) is 15.9 Å². The van der Waals surface area contributed by atoms with Gasteiger partial charge in [-0.25, -0.2) is 0 Å². The van der Waals surface area contributed by atoms with Crippen molar-refractivity contribution in [3.8, 4) is 5.75 Å². The highest BCUT2D eigenvalue weighted by molar-refractivity contribution is 9.10. The predicted octanol–water partition coefficient (Wildman–Crippen LogP) is 4.32. The van der Waals surface area contributed by atoms with Crippen molar-refractivity contribution in [2.75, 3.05) is 0 Å². The Kier molecular flexibility index (Phi) is 4.80. The van der Waals surface area contributed by atoms with E-state index in [-0.39, 0.29) is 4.99 Å². The van der Waals surface area contributed by atoms with Crippen molar-refractivity contribution in [3.05, 3.63) is 63.1 Å². The Labute approximate surface area is 130 Å². The van der Waals surface area contributed by atoms with Crippen LogP contribution in [-0.4, -0.2) is 4.99 Å². The third kappa shape index (κ3) is 3.69. The van der Waals surface area contributed by atoms with Crippen molar-refractivity contribution in [1.82, 2.24) is 0 Å². The van der Waals surface area contributed by atoms with Crippen molar-refractivity contribution in [2.24, 2.45) is 5.73 Å². The maximum atomic E-state index is 6.08. The van der Waals surface area contributed by atoms with Crippen LogP contribution in [0.1, 0.15) is 11.1 Å². The number of nitrogens with two attached hydrogens (primary N) is 1. The molecule has 0 saturated heterocycles. The summed E-state index contributed by atoms with van der Waals surface area (Å²) in [5.74, 6) is 0.597. The van der Waals surface area contributed by atoms with Gasteiger partial charge in [0.05, 0.1) is 10.6 Å². The highest BCUT2D eigenvalue weighted by atomic mass is 79.9. The highest BCUT2D eigenvalue weighted by Gasteiger charge is 2.11. The number of ether oxygens (including phenoxy) is 1. The second-order valence-electron chi connectivity index (χ2n) is 3.90. The summed E-state index contributed by atoms with van der Waals surface area (Å²) in [6.45, 7) is 0.426. The number of hydrogen-bond acceptors (Lipinski definition) is 2. The zero-order valence-electron chi connectivity index (χ0n) is 9.90. The first-order valence-electron chi connectivity index (χ1n) is 5.53. The van der Waals surface area contributed by atoms with E-state index in [0.717, 1.165) is 10.0 Å². The van der Waals surface area contributed by atoms with Crippen molar-refractivity contribution in [2.45, 2.75) is 6.61 Å². The SMILES string of the molecule is NC(=S)c1c(Cl)cccc1OCc1cccc(Br)c1. The third-order valence-electron chi connectivity index (χ3n) is 2.51. The third-order valence-corrected chi connectivity index (χ3v) is 3.52. The fraction of sp³-hybridized carbons (Fsp3) is 0.0714. The lowest BCUT2D eigenvalue weighted by atomic mass is 10.2. The van der Waals surface area contributed by atoms with Gasteiger partial charge in [-0.15, -0.1) is 0 Å². The summed E-state index contributed by atoms with van der Waals surface area (Å²) in [7, 11) is 0. The molecule has 2 nitrogen and oxygen atoms in total. The van der Waals surface area contributed by atoms with Gasteiger partial charge in [-0.05, 0) is 29.8 Å². The van der Waals surface area contributed by atoms with Crippen LogP contribution in [0, 0.1) is 0 Å². The summed E-state index contributed by atoms with van der Waals surface area (Å²) in [5, 5.41) is 0.499. The number of rotatable bonds is 4. The summed E-state index contributed by atoms with van der Waals surface area (Å²) in [6, 6.07) is 13.2. The molecular formula is C14H11BrClNOS. The number of halogens is 2. The molecule has 19 heavy (non-hydrogen) atoms. The molecule has 0 radical (unpaired) electrons. The molecule has 0 amide bonds. The van der Waals surface area contributed by atoms with Crippen molar-refractivity contribution < 1.29 is 4.74 Å². The smallest absolute Gasteiger partial charge is 0.131 e. The fourth-order valence-electron chi connectivity index (χ4n) is 1.65. The molecule has 2 N–H and O–H groups in total.